The molecule has 1 nitrogen and oxygen atoms in total. The van der Waals surface area contributed by atoms with Crippen LogP contribution in [0.25, 0.3) is 0 Å². The van der Waals surface area contributed by atoms with Crippen molar-refractivity contribution in [3.05, 3.63) is 29.6 Å². The van der Waals surface area contributed by atoms with Gasteiger partial charge in [0.25, 0.3) is 0 Å². The summed E-state index contributed by atoms with van der Waals surface area (Å²) in [6.07, 6.45) is 2.46. The molecule has 2 rings (SSSR count). The van der Waals surface area contributed by atoms with Crippen LogP contribution in [0, 0.1) is 11.7 Å². The molecule has 1 aliphatic rings. The molecule has 1 aromatic carbocycles. The third-order valence-electron chi connectivity index (χ3n) is 2.79. The van der Waals surface area contributed by atoms with Crippen molar-refractivity contribution in [2.24, 2.45) is 5.92 Å². The van der Waals surface area contributed by atoms with Crippen LogP contribution in [0.2, 0.25) is 0 Å². The van der Waals surface area contributed by atoms with E-state index in [-0.39, 0.29) is 5.82 Å². The molecule has 0 N–H and O–H groups in total. The maximum atomic E-state index is 13.6. The molecule has 15 heavy (non-hydrogen) atoms. The van der Waals surface area contributed by atoms with Crippen LogP contribution in [-0.4, -0.2) is 6.61 Å². The minimum Gasteiger partial charge on any atom is -0.490 e. The summed E-state index contributed by atoms with van der Waals surface area (Å²) in [7, 11) is 0. The Labute approximate surface area is 90.3 Å². The summed E-state index contributed by atoms with van der Waals surface area (Å²) in [5.74, 6) is 1.18. The van der Waals surface area contributed by atoms with Crippen molar-refractivity contribution in [1.29, 1.82) is 0 Å². The summed E-state index contributed by atoms with van der Waals surface area (Å²) in [6.45, 7) is 4.77. The predicted molar refractivity (Wildman–Crippen MR) is 58.7 cm³/mol. The monoisotopic (exact) mass is 208 g/mol. The highest BCUT2D eigenvalue weighted by molar-refractivity contribution is 5.30. The summed E-state index contributed by atoms with van der Waals surface area (Å²) in [5.41, 5.74) is 1.02. The third kappa shape index (κ3) is 2.71. The molecule has 0 unspecified atom stereocenters. The Morgan fingerprint density at radius 3 is 2.67 bits per heavy atom. The fourth-order valence-corrected chi connectivity index (χ4v) is 1.49. The lowest BCUT2D eigenvalue weighted by Crippen LogP contribution is -2.01. The molecule has 0 radical (unpaired) electrons. The lowest BCUT2D eigenvalue weighted by molar-refractivity contribution is 0.285. The van der Waals surface area contributed by atoms with Gasteiger partial charge in [0, 0.05) is 0 Å². The smallest absolute Gasteiger partial charge is 0.165 e. The Morgan fingerprint density at radius 2 is 2.13 bits per heavy atom. The van der Waals surface area contributed by atoms with Crippen LogP contribution in [-0.2, 0) is 0 Å². The largest absolute Gasteiger partial charge is 0.490 e. The van der Waals surface area contributed by atoms with Gasteiger partial charge in [-0.2, -0.15) is 0 Å². The van der Waals surface area contributed by atoms with Crippen LogP contribution in [0.5, 0.6) is 5.75 Å². The molecule has 82 valence electrons. The zero-order valence-electron chi connectivity index (χ0n) is 9.29. The number of halogens is 1. The molecule has 0 aromatic heterocycles. The van der Waals surface area contributed by atoms with Gasteiger partial charge in [-0.05, 0) is 42.4 Å². The molecule has 0 saturated heterocycles. The van der Waals surface area contributed by atoms with E-state index in [1.54, 1.807) is 12.1 Å². The lowest BCUT2D eigenvalue weighted by Gasteiger charge is -2.09. The number of rotatable bonds is 4. The first kappa shape index (κ1) is 10.5. The van der Waals surface area contributed by atoms with Crippen LogP contribution in [0.1, 0.15) is 38.2 Å². The molecule has 0 spiro atoms. The van der Waals surface area contributed by atoms with Gasteiger partial charge in [-0.3, -0.25) is 0 Å². The first-order valence-corrected chi connectivity index (χ1v) is 5.59. The van der Waals surface area contributed by atoms with Crippen LogP contribution >= 0.6 is 0 Å². The zero-order valence-corrected chi connectivity index (χ0v) is 9.29. The van der Waals surface area contributed by atoms with Crippen molar-refractivity contribution >= 4 is 0 Å². The van der Waals surface area contributed by atoms with E-state index < -0.39 is 0 Å². The lowest BCUT2D eigenvalue weighted by atomic mass is 10.0. The normalized spacial score (nSPS) is 15.7. The minimum atomic E-state index is -0.234. The Bertz CT molecular complexity index is 342. The van der Waals surface area contributed by atoms with Gasteiger partial charge in [0.2, 0.25) is 0 Å². The van der Waals surface area contributed by atoms with Gasteiger partial charge >= 0.3 is 0 Å². The molecule has 2 heteroatoms. The molecule has 0 aliphatic heterocycles. The Balaban J connectivity index is 2.04. The highest BCUT2D eigenvalue weighted by Crippen LogP contribution is 2.30. The third-order valence-corrected chi connectivity index (χ3v) is 2.79. The van der Waals surface area contributed by atoms with Gasteiger partial charge in [0.1, 0.15) is 0 Å². The fraction of sp³-hybridized carbons (Fsp3) is 0.538. The Kier molecular flexibility index (Phi) is 2.94. The average molecular weight is 208 g/mol. The maximum Gasteiger partial charge on any atom is 0.165 e. The van der Waals surface area contributed by atoms with Gasteiger partial charge < -0.3 is 4.74 Å². The van der Waals surface area contributed by atoms with Gasteiger partial charge in [0.05, 0.1) is 6.61 Å². The molecule has 0 heterocycles. The molecular formula is C13H17FO. The number of hydrogen-bond donors (Lipinski definition) is 0. The van der Waals surface area contributed by atoms with E-state index >= 15 is 0 Å². The van der Waals surface area contributed by atoms with Gasteiger partial charge in [-0.25, -0.2) is 4.39 Å². The van der Waals surface area contributed by atoms with Crippen LogP contribution in [0.3, 0.4) is 0 Å². The molecule has 0 amide bonds. The number of ether oxygens (including phenoxy) is 1. The second-order valence-corrected chi connectivity index (χ2v) is 4.60. The van der Waals surface area contributed by atoms with E-state index in [1.165, 1.54) is 12.8 Å². The van der Waals surface area contributed by atoms with Crippen LogP contribution < -0.4 is 4.74 Å². The number of hydrogen-bond acceptors (Lipinski definition) is 1. The van der Waals surface area contributed by atoms with Crippen molar-refractivity contribution in [3.8, 4) is 5.75 Å². The first-order chi connectivity index (χ1) is 7.16. The highest BCUT2D eigenvalue weighted by Gasteiger charge is 2.22. The van der Waals surface area contributed by atoms with E-state index in [0.29, 0.717) is 24.2 Å². The van der Waals surface area contributed by atoms with E-state index in [0.717, 1.165) is 5.56 Å². The van der Waals surface area contributed by atoms with Gasteiger partial charge in [0.15, 0.2) is 11.6 Å². The number of benzene rings is 1. The van der Waals surface area contributed by atoms with Gasteiger partial charge in [-0.1, -0.05) is 19.9 Å². The molecule has 0 bridgehead atoms. The summed E-state index contributed by atoms with van der Waals surface area (Å²) in [6, 6.07) is 5.26. The molecule has 1 fully saturated rings. The zero-order chi connectivity index (χ0) is 10.8. The summed E-state index contributed by atoms with van der Waals surface area (Å²) in [5, 5.41) is 0. The van der Waals surface area contributed by atoms with E-state index in [9.17, 15) is 4.39 Å². The average Bonchev–Trinajstić information content (AvgIpc) is 2.99. The van der Waals surface area contributed by atoms with Crippen molar-refractivity contribution in [2.45, 2.75) is 32.6 Å². The van der Waals surface area contributed by atoms with E-state index in [2.05, 4.69) is 13.8 Å². The highest BCUT2D eigenvalue weighted by atomic mass is 19.1. The first-order valence-electron chi connectivity index (χ1n) is 5.59. The SMILES string of the molecule is CC(C)c1ccc(OCC2CC2)c(F)c1. The second-order valence-electron chi connectivity index (χ2n) is 4.60. The van der Waals surface area contributed by atoms with E-state index in [1.807, 2.05) is 6.07 Å². The van der Waals surface area contributed by atoms with Crippen molar-refractivity contribution < 1.29 is 9.13 Å². The van der Waals surface area contributed by atoms with Gasteiger partial charge in [-0.15, -0.1) is 0 Å². The summed E-state index contributed by atoms with van der Waals surface area (Å²) in [4.78, 5) is 0. The summed E-state index contributed by atoms with van der Waals surface area (Å²) < 4.78 is 19.0. The van der Waals surface area contributed by atoms with Crippen molar-refractivity contribution in [3.63, 3.8) is 0 Å². The standard InChI is InChI=1S/C13H17FO/c1-9(2)11-5-6-13(12(14)7-11)15-8-10-3-4-10/h5-7,9-10H,3-4,8H2,1-2H3. The van der Waals surface area contributed by atoms with Crippen LogP contribution in [0.4, 0.5) is 4.39 Å². The fourth-order valence-electron chi connectivity index (χ4n) is 1.49. The molecule has 1 saturated carbocycles. The van der Waals surface area contributed by atoms with Crippen molar-refractivity contribution in [1.82, 2.24) is 0 Å². The van der Waals surface area contributed by atoms with Crippen molar-refractivity contribution in [2.75, 3.05) is 6.61 Å². The Morgan fingerprint density at radius 1 is 1.40 bits per heavy atom. The van der Waals surface area contributed by atoms with Crippen LogP contribution in [0.15, 0.2) is 18.2 Å². The summed E-state index contributed by atoms with van der Waals surface area (Å²) >= 11 is 0. The second kappa shape index (κ2) is 4.21. The van der Waals surface area contributed by atoms with E-state index in [4.69, 9.17) is 4.74 Å². The maximum absolute atomic E-state index is 13.6. The predicted octanol–water partition coefficient (Wildman–Crippen LogP) is 3.74. The molecule has 1 aliphatic carbocycles. The quantitative estimate of drug-likeness (QED) is 0.732. The minimum absolute atomic E-state index is 0.234. The topological polar surface area (TPSA) is 9.23 Å². The molecule has 0 atom stereocenters. The Hall–Kier alpha value is -1.05. The molecule has 1 aromatic rings. The molecular weight excluding hydrogens is 191 g/mol.